The van der Waals surface area contributed by atoms with Crippen molar-refractivity contribution < 1.29 is 4.79 Å². The second-order valence-corrected chi connectivity index (χ2v) is 5.72. The van der Waals surface area contributed by atoms with E-state index >= 15 is 0 Å². The molecule has 3 nitrogen and oxygen atoms in total. The fourth-order valence-electron chi connectivity index (χ4n) is 3.24. The second-order valence-electron chi connectivity index (χ2n) is 5.72. The van der Waals surface area contributed by atoms with Crippen molar-refractivity contribution in [3.8, 4) is 0 Å². The van der Waals surface area contributed by atoms with Crippen molar-refractivity contribution in [1.82, 2.24) is 4.90 Å². The summed E-state index contributed by atoms with van der Waals surface area (Å²) in [5, 5.41) is 0. The Morgan fingerprint density at radius 2 is 1.43 bits per heavy atom. The van der Waals surface area contributed by atoms with E-state index in [-0.39, 0.29) is 5.91 Å². The monoisotopic (exact) mass is 310 g/mol. The molecule has 1 amide bonds. The van der Waals surface area contributed by atoms with Crippen LogP contribution < -0.4 is 5.73 Å². The molecule has 2 aromatic rings. The van der Waals surface area contributed by atoms with Crippen molar-refractivity contribution in [2.75, 3.05) is 18.8 Å². The number of likely N-dealkylation sites (N-methyl/N-ethyl adjacent to an activating group) is 1. The van der Waals surface area contributed by atoms with Gasteiger partial charge in [0.05, 0.1) is 5.41 Å². The molecule has 0 spiro atoms. The number of hydrogen-bond acceptors (Lipinski definition) is 2. The van der Waals surface area contributed by atoms with Gasteiger partial charge in [0.15, 0.2) is 0 Å². The zero-order valence-corrected chi connectivity index (χ0v) is 14.3. The Morgan fingerprint density at radius 1 is 0.913 bits per heavy atom. The van der Waals surface area contributed by atoms with Crippen LogP contribution >= 0.6 is 0 Å². The van der Waals surface area contributed by atoms with Crippen molar-refractivity contribution >= 4 is 11.6 Å². The lowest BCUT2D eigenvalue weighted by molar-refractivity contribution is -0.135. The summed E-state index contributed by atoms with van der Waals surface area (Å²) in [6, 6.07) is 17.8. The predicted molar refractivity (Wildman–Crippen MR) is 96.3 cm³/mol. The summed E-state index contributed by atoms with van der Waals surface area (Å²) in [4.78, 5) is 15.3. The lowest BCUT2D eigenvalue weighted by atomic mass is 9.71. The van der Waals surface area contributed by atoms with Gasteiger partial charge in [0.2, 0.25) is 5.91 Å². The highest BCUT2D eigenvalue weighted by Crippen LogP contribution is 2.38. The summed E-state index contributed by atoms with van der Waals surface area (Å²) in [6.07, 6.45) is 0.705. The first-order valence-electron chi connectivity index (χ1n) is 8.31. The number of nitrogens with zero attached hydrogens (tertiary/aromatic N) is 1. The van der Waals surface area contributed by atoms with Gasteiger partial charge >= 0.3 is 0 Å². The number of carbonyl (C=O) groups is 1. The van der Waals surface area contributed by atoms with Crippen molar-refractivity contribution in [2.24, 2.45) is 0 Å². The average molecular weight is 310 g/mol. The Kier molecular flexibility index (Phi) is 5.43. The Hall–Kier alpha value is -2.29. The third-order valence-electron chi connectivity index (χ3n) is 4.62. The van der Waals surface area contributed by atoms with Gasteiger partial charge in [0.25, 0.3) is 0 Å². The van der Waals surface area contributed by atoms with Gasteiger partial charge in [-0.25, -0.2) is 0 Å². The lowest BCUT2D eigenvalue weighted by Crippen LogP contribution is -2.47. The molecular formula is C20H26N2O. The Morgan fingerprint density at radius 3 is 1.91 bits per heavy atom. The molecule has 1 atom stereocenters. The Labute approximate surface area is 139 Å². The number of rotatable bonds is 6. The maximum absolute atomic E-state index is 13.4. The number of anilines is 1. The topological polar surface area (TPSA) is 46.3 Å². The summed E-state index contributed by atoms with van der Waals surface area (Å²) in [5.74, 6) is 0.154. The fourth-order valence-corrected chi connectivity index (χ4v) is 3.24. The molecule has 0 aliphatic rings. The minimum absolute atomic E-state index is 0.154. The molecule has 0 saturated heterocycles. The molecule has 23 heavy (non-hydrogen) atoms. The van der Waals surface area contributed by atoms with Gasteiger partial charge in [0.1, 0.15) is 0 Å². The summed E-state index contributed by atoms with van der Waals surface area (Å²) >= 11 is 0. The minimum Gasteiger partial charge on any atom is -0.399 e. The highest BCUT2D eigenvalue weighted by molar-refractivity contribution is 5.92. The number of carbonyl (C=O) groups excluding carboxylic acids is 1. The van der Waals surface area contributed by atoms with Crippen molar-refractivity contribution in [1.29, 1.82) is 0 Å². The van der Waals surface area contributed by atoms with Gasteiger partial charge in [-0.2, -0.15) is 0 Å². The van der Waals surface area contributed by atoms with E-state index in [2.05, 4.69) is 6.92 Å². The van der Waals surface area contributed by atoms with E-state index in [1.54, 1.807) is 0 Å². The number of benzene rings is 2. The van der Waals surface area contributed by atoms with Crippen LogP contribution in [0.4, 0.5) is 5.69 Å². The summed E-state index contributed by atoms with van der Waals surface area (Å²) in [5.41, 5.74) is 7.92. The van der Waals surface area contributed by atoms with Crippen LogP contribution in [0.25, 0.3) is 0 Å². The molecule has 0 heterocycles. The highest BCUT2D eigenvalue weighted by Gasteiger charge is 2.42. The molecule has 0 fully saturated rings. The van der Waals surface area contributed by atoms with Crippen molar-refractivity contribution in [2.45, 2.75) is 32.6 Å². The van der Waals surface area contributed by atoms with Crippen LogP contribution in [0.5, 0.6) is 0 Å². The quantitative estimate of drug-likeness (QED) is 0.824. The first kappa shape index (κ1) is 17.1. The average Bonchev–Trinajstić information content (AvgIpc) is 2.59. The SMILES string of the molecule is CCN(CC)C(=O)C(CC)(c1ccccc1)c1ccc(N)cc1. The van der Waals surface area contributed by atoms with E-state index in [9.17, 15) is 4.79 Å². The second kappa shape index (κ2) is 7.32. The van der Waals surface area contributed by atoms with Crippen LogP contribution in [0, 0.1) is 0 Å². The number of nitrogens with two attached hydrogens (primary N) is 1. The molecule has 3 heteroatoms. The maximum Gasteiger partial charge on any atom is 0.237 e. The first-order valence-corrected chi connectivity index (χ1v) is 8.31. The minimum atomic E-state index is -0.666. The van der Waals surface area contributed by atoms with Gasteiger partial charge < -0.3 is 10.6 Å². The molecule has 0 saturated carbocycles. The largest absolute Gasteiger partial charge is 0.399 e. The van der Waals surface area contributed by atoms with E-state index in [1.165, 1.54) is 0 Å². The predicted octanol–water partition coefficient (Wildman–Crippen LogP) is 3.83. The van der Waals surface area contributed by atoms with Gasteiger partial charge in [-0.05, 0) is 43.5 Å². The lowest BCUT2D eigenvalue weighted by Gasteiger charge is -2.37. The van der Waals surface area contributed by atoms with E-state index in [1.807, 2.05) is 73.3 Å². The summed E-state index contributed by atoms with van der Waals surface area (Å²) in [7, 11) is 0. The normalized spacial score (nSPS) is 13.3. The first-order chi connectivity index (χ1) is 11.1. The maximum atomic E-state index is 13.4. The third-order valence-corrected chi connectivity index (χ3v) is 4.62. The molecule has 0 aliphatic carbocycles. The zero-order valence-electron chi connectivity index (χ0n) is 14.3. The van der Waals surface area contributed by atoms with Crippen LogP contribution in [0.15, 0.2) is 54.6 Å². The molecule has 122 valence electrons. The van der Waals surface area contributed by atoms with Crippen LogP contribution in [0.2, 0.25) is 0 Å². The summed E-state index contributed by atoms with van der Waals surface area (Å²) < 4.78 is 0. The van der Waals surface area contributed by atoms with Gasteiger partial charge in [-0.3, -0.25) is 4.79 Å². The standard InChI is InChI=1S/C20H26N2O/c1-4-20(16-10-8-7-9-11-16,19(23)22(5-2)6-3)17-12-14-18(21)15-13-17/h7-15H,4-6,21H2,1-3H3. The van der Waals surface area contributed by atoms with E-state index in [0.29, 0.717) is 25.2 Å². The molecular weight excluding hydrogens is 284 g/mol. The molecule has 0 bridgehead atoms. The molecule has 0 radical (unpaired) electrons. The third kappa shape index (κ3) is 3.09. The smallest absolute Gasteiger partial charge is 0.237 e. The van der Waals surface area contributed by atoms with Crippen molar-refractivity contribution in [3.05, 3.63) is 65.7 Å². The Balaban J connectivity index is 2.67. The van der Waals surface area contributed by atoms with E-state index in [0.717, 1.165) is 11.1 Å². The number of amides is 1. The van der Waals surface area contributed by atoms with Gasteiger partial charge in [-0.15, -0.1) is 0 Å². The molecule has 0 aromatic heterocycles. The van der Waals surface area contributed by atoms with Crippen LogP contribution in [0.1, 0.15) is 38.3 Å². The molecule has 2 rings (SSSR count). The molecule has 0 aliphatic heterocycles. The van der Waals surface area contributed by atoms with E-state index in [4.69, 9.17) is 5.73 Å². The van der Waals surface area contributed by atoms with Crippen LogP contribution in [-0.2, 0) is 10.2 Å². The van der Waals surface area contributed by atoms with Crippen LogP contribution in [-0.4, -0.2) is 23.9 Å². The molecule has 1 unspecified atom stereocenters. The fraction of sp³-hybridized carbons (Fsp3) is 0.350. The summed E-state index contributed by atoms with van der Waals surface area (Å²) in [6.45, 7) is 7.54. The number of hydrogen-bond donors (Lipinski definition) is 1. The van der Waals surface area contributed by atoms with Crippen molar-refractivity contribution in [3.63, 3.8) is 0 Å². The Bertz CT molecular complexity index is 632. The zero-order chi connectivity index (χ0) is 16.9. The van der Waals surface area contributed by atoms with Gasteiger partial charge in [0, 0.05) is 18.8 Å². The van der Waals surface area contributed by atoms with Crippen LogP contribution in [0.3, 0.4) is 0 Å². The number of nitrogen functional groups attached to an aromatic ring is 1. The highest BCUT2D eigenvalue weighted by atomic mass is 16.2. The van der Waals surface area contributed by atoms with Gasteiger partial charge in [-0.1, -0.05) is 49.4 Å². The molecule has 2 N–H and O–H groups in total. The molecule has 2 aromatic carbocycles. The van der Waals surface area contributed by atoms with E-state index < -0.39 is 5.41 Å².